The highest BCUT2D eigenvalue weighted by Gasteiger charge is 2.07. The van der Waals surface area contributed by atoms with Crippen molar-refractivity contribution in [2.45, 2.75) is 6.42 Å². The van der Waals surface area contributed by atoms with Crippen LogP contribution in [0.5, 0.6) is 0 Å². The van der Waals surface area contributed by atoms with Gasteiger partial charge in [0.15, 0.2) is 0 Å². The van der Waals surface area contributed by atoms with Crippen LogP contribution in [0.2, 0.25) is 10.0 Å². The molecule has 0 aliphatic carbocycles. The van der Waals surface area contributed by atoms with Gasteiger partial charge in [0.05, 0.1) is 10.0 Å². The fourth-order valence-corrected chi connectivity index (χ4v) is 2.12. The third-order valence-electron chi connectivity index (χ3n) is 2.92. The van der Waals surface area contributed by atoms with E-state index in [0.29, 0.717) is 22.2 Å². The van der Waals surface area contributed by atoms with Crippen molar-refractivity contribution < 1.29 is 4.79 Å². The van der Waals surface area contributed by atoms with Crippen molar-refractivity contribution in [1.29, 1.82) is 0 Å². The molecule has 0 saturated heterocycles. The van der Waals surface area contributed by atoms with Gasteiger partial charge in [-0.25, -0.2) is 0 Å². The van der Waals surface area contributed by atoms with Crippen LogP contribution < -0.4 is 10.6 Å². The number of halogens is 2. The molecule has 0 aliphatic rings. The lowest BCUT2D eigenvalue weighted by molar-refractivity contribution is 0.0953. The zero-order valence-corrected chi connectivity index (χ0v) is 12.9. The summed E-state index contributed by atoms with van der Waals surface area (Å²) >= 11 is 11.7. The van der Waals surface area contributed by atoms with Gasteiger partial charge >= 0.3 is 0 Å². The zero-order valence-electron chi connectivity index (χ0n) is 11.4. The monoisotopic (exact) mass is 322 g/mol. The molecule has 1 amide bonds. The lowest BCUT2D eigenvalue weighted by atomic mass is 10.2. The Balaban J connectivity index is 1.71. The van der Waals surface area contributed by atoms with E-state index in [2.05, 4.69) is 10.6 Å². The average Bonchev–Trinajstić information content (AvgIpc) is 2.50. The first-order chi connectivity index (χ1) is 10.2. The van der Waals surface area contributed by atoms with Gasteiger partial charge < -0.3 is 10.6 Å². The van der Waals surface area contributed by atoms with Crippen LogP contribution in [0.15, 0.2) is 48.5 Å². The predicted molar refractivity (Wildman–Crippen MR) is 88.3 cm³/mol. The van der Waals surface area contributed by atoms with Gasteiger partial charge in [0.25, 0.3) is 5.91 Å². The number of hydrogen-bond donors (Lipinski definition) is 2. The first-order valence-corrected chi connectivity index (χ1v) is 7.44. The largest absolute Gasteiger partial charge is 0.385 e. The maximum atomic E-state index is 11.9. The Hall–Kier alpha value is -1.71. The first kappa shape index (κ1) is 15.7. The molecule has 0 saturated carbocycles. The highest BCUT2D eigenvalue weighted by atomic mass is 35.5. The van der Waals surface area contributed by atoms with E-state index in [-0.39, 0.29) is 5.91 Å². The second kappa shape index (κ2) is 7.91. The minimum absolute atomic E-state index is 0.145. The summed E-state index contributed by atoms with van der Waals surface area (Å²) in [4.78, 5) is 11.9. The molecular weight excluding hydrogens is 307 g/mol. The van der Waals surface area contributed by atoms with E-state index in [1.54, 1.807) is 18.2 Å². The van der Waals surface area contributed by atoms with Crippen LogP contribution in [0.25, 0.3) is 0 Å². The molecule has 2 aromatic carbocycles. The number of amides is 1. The lowest BCUT2D eigenvalue weighted by Gasteiger charge is -2.08. The molecule has 0 heterocycles. The Morgan fingerprint density at radius 1 is 0.952 bits per heavy atom. The number of carbonyl (C=O) groups is 1. The second-order valence-corrected chi connectivity index (χ2v) is 5.35. The summed E-state index contributed by atoms with van der Waals surface area (Å²) in [5, 5.41) is 6.97. The highest BCUT2D eigenvalue weighted by Crippen LogP contribution is 2.22. The molecule has 2 aromatic rings. The zero-order chi connectivity index (χ0) is 15.1. The van der Waals surface area contributed by atoms with Gasteiger partial charge in [-0.15, -0.1) is 0 Å². The normalized spacial score (nSPS) is 10.2. The lowest BCUT2D eigenvalue weighted by Crippen LogP contribution is -2.25. The quantitative estimate of drug-likeness (QED) is 0.781. The third kappa shape index (κ3) is 4.96. The highest BCUT2D eigenvalue weighted by molar-refractivity contribution is 6.42. The topological polar surface area (TPSA) is 41.1 Å². The number of carbonyl (C=O) groups excluding carboxylic acids is 1. The molecule has 0 unspecified atom stereocenters. The van der Waals surface area contributed by atoms with Crippen molar-refractivity contribution in [3.63, 3.8) is 0 Å². The molecular formula is C16H16Cl2N2O. The number of para-hydroxylation sites is 1. The van der Waals surface area contributed by atoms with Gasteiger partial charge in [0.1, 0.15) is 0 Å². The Morgan fingerprint density at radius 3 is 2.43 bits per heavy atom. The van der Waals surface area contributed by atoms with Crippen molar-refractivity contribution in [3.05, 3.63) is 64.1 Å². The molecule has 0 atom stereocenters. The van der Waals surface area contributed by atoms with E-state index in [1.165, 1.54) is 0 Å². The molecule has 0 aromatic heterocycles. The van der Waals surface area contributed by atoms with Crippen molar-refractivity contribution in [2.24, 2.45) is 0 Å². The van der Waals surface area contributed by atoms with E-state index in [1.807, 2.05) is 30.3 Å². The minimum Gasteiger partial charge on any atom is -0.385 e. The number of hydrogen-bond acceptors (Lipinski definition) is 2. The van der Waals surface area contributed by atoms with Crippen LogP contribution in [-0.4, -0.2) is 19.0 Å². The van der Waals surface area contributed by atoms with Gasteiger partial charge in [-0.3, -0.25) is 4.79 Å². The van der Waals surface area contributed by atoms with E-state index in [9.17, 15) is 4.79 Å². The summed E-state index contributed by atoms with van der Waals surface area (Å²) in [5.74, 6) is -0.145. The summed E-state index contributed by atoms with van der Waals surface area (Å²) in [6.45, 7) is 1.39. The summed E-state index contributed by atoms with van der Waals surface area (Å²) in [6, 6.07) is 14.8. The van der Waals surface area contributed by atoms with Crippen molar-refractivity contribution in [3.8, 4) is 0 Å². The molecule has 110 valence electrons. The number of anilines is 1. The van der Waals surface area contributed by atoms with Crippen LogP contribution in [0.3, 0.4) is 0 Å². The molecule has 5 heteroatoms. The molecule has 21 heavy (non-hydrogen) atoms. The SMILES string of the molecule is O=C(NCCCNc1ccccc1)c1ccc(Cl)c(Cl)c1. The summed E-state index contributed by atoms with van der Waals surface area (Å²) in [7, 11) is 0. The molecule has 0 aliphatic heterocycles. The summed E-state index contributed by atoms with van der Waals surface area (Å²) in [6.07, 6.45) is 0.835. The summed E-state index contributed by atoms with van der Waals surface area (Å²) in [5.41, 5.74) is 1.59. The maximum Gasteiger partial charge on any atom is 0.251 e. The van der Waals surface area contributed by atoms with E-state index in [0.717, 1.165) is 18.7 Å². The van der Waals surface area contributed by atoms with Gasteiger partial charge in [0, 0.05) is 24.3 Å². The number of rotatable bonds is 6. The molecule has 0 fully saturated rings. The van der Waals surface area contributed by atoms with Crippen molar-refractivity contribution in [2.75, 3.05) is 18.4 Å². The number of benzene rings is 2. The molecule has 3 nitrogen and oxygen atoms in total. The standard InChI is InChI=1S/C16H16Cl2N2O/c17-14-8-7-12(11-15(14)18)16(21)20-10-4-9-19-13-5-2-1-3-6-13/h1-3,5-8,11,19H,4,9-10H2,(H,20,21). The fraction of sp³-hybridized carbons (Fsp3) is 0.188. The van der Waals surface area contributed by atoms with Gasteiger partial charge in [-0.05, 0) is 36.8 Å². The van der Waals surface area contributed by atoms with Crippen molar-refractivity contribution in [1.82, 2.24) is 5.32 Å². The van der Waals surface area contributed by atoms with Crippen molar-refractivity contribution >= 4 is 34.8 Å². The smallest absolute Gasteiger partial charge is 0.251 e. The van der Waals surface area contributed by atoms with Gasteiger partial charge in [0.2, 0.25) is 0 Å². The summed E-state index contributed by atoms with van der Waals surface area (Å²) < 4.78 is 0. The Labute approximate surface area is 134 Å². The Morgan fingerprint density at radius 2 is 1.71 bits per heavy atom. The maximum absolute atomic E-state index is 11.9. The second-order valence-electron chi connectivity index (χ2n) is 4.53. The number of nitrogens with one attached hydrogen (secondary N) is 2. The third-order valence-corrected chi connectivity index (χ3v) is 3.66. The molecule has 0 radical (unpaired) electrons. The molecule has 0 bridgehead atoms. The van der Waals surface area contributed by atoms with Crippen LogP contribution in [0, 0.1) is 0 Å². The molecule has 2 rings (SSSR count). The fourth-order valence-electron chi connectivity index (χ4n) is 1.82. The van der Waals surface area contributed by atoms with Crippen LogP contribution in [0.1, 0.15) is 16.8 Å². The van der Waals surface area contributed by atoms with Gasteiger partial charge in [-0.1, -0.05) is 41.4 Å². The molecule has 2 N–H and O–H groups in total. The van der Waals surface area contributed by atoms with E-state index < -0.39 is 0 Å². The van der Waals surface area contributed by atoms with E-state index >= 15 is 0 Å². The Bertz CT molecular complexity index is 602. The van der Waals surface area contributed by atoms with Crippen LogP contribution >= 0.6 is 23.2 Å². The van der Waals surface area contributed by atoms with Gasteiger partial charge in [-0.2, -0.15) is 0 Å². The predicted octanol–water partition coefficient (Wildman–Crippen LogP) is 4.23. The van der Waals surface area contributed by atoms with E-state index in [4.69, 9.17) is 23.2 Å². The first-order valence-electron chi connectivity index (χ1n) is 6.69. The Kier molecular flexibility index (Phi) is 5.90. The molecule has 0 spiro atoms. The average molecular weight is 323 g/mol. The van der Waals surface area contributed by atoms with Crippen LogP contribution in [0.4, 0.5) is 5.69 Å². The van der Waals surface area contributed by atoms with Crippen LogP contribution in [-0.2, 0) is 0 Å². The minimum atomic E-state index is -0.145.